The fraction of sp³-hybridized carbons (Fsp3) is 0.517. The van der Waals surface area contributed by atoms with E-state index in [0.717, 1.165) is 24.9 Å². The summed E-state index contributed by atoms with van der Waals surface area (Å²) in [7, 11) is 0. The summed E-state index contributed by atoms with van der Waals surface area (Å²) < 4.78 is 6.17. The van der Waals surface area contributed by atoms with Crippen molar-refractivity contribution in [1.82, 2.24) is 19.7 Å². The number of carbonyl (C=O) groups is 3. The number of hydrogen-bond acceptors (Lipinski definition) is 6. The lowest BCUT2D eigenvalue weighted by atomic mass is 10.1. The molecule has 1 aliphatic heterocycles. The number of amides is 3. The van der Waals surface area contributed by atoms with Crippen molar-refractivity contribution in [2.75, 3.05) is 57.3 Å². The topological polar surface area (TPSA) is 86.3 Å². The van der Waals surface area contributed by atoms with Gasteiger partial charge in [0.25, 0.3) is 5.91 Å². The first-order chi connectivity index (χ1) is 18.4. The van der Waals surface area contributed by atoms with E-state index >= 15 is 0 Å². The minimum atomic E-state index is -0.239. The van der Waals surface area contributed by atoms with Crippen LogP contribution in [0.25, 0.3) is 0 Å². The SMILES string of the molecule is CCN(CC)C(=O)CN1CCCCCOc2ccccc2N(CC(=O)N(CC)CC)c2cncc(c2)C1=O. The number of ether oxygens (including phenoxy) is 1. The van der Waals surface area contributed by atoms with Gasteiger partial charge in [-0.05, 0) is 65.2 Å². The molecular formula is C29H41N5O4. The van der Waals surface area contributed by atoms with Gasteiger partial charge in [0, 0.05) is 38.9 Å². The van der Waals surface area contributed by atoms with E-state index in [2.05, 4.69) is 4.98 Å². The van der Waals surface area contributed by atoms with Crippen molar-refractivity contribution in [2.24, 2.45) is 0 Å². The van der Waals surface area contributed by atoms with Gasteiger partial charge in [-0.25, -0.2) is 0 Å². The van der Waals surface area contributed by atoms with Crippen LogP contribution in [0.2, 0.25) is 0 Å². The molecule has 0 spiro atoms. The Labute approximate surface area is 226 Å². The predicted molar refractivity (Wildman–Crippen MR) is 149 cm³/mol. The lowest BCUT2D eigenvalue weighted by molar-refractivity contribution is -0.131. The fourth-order valence-corrected chi connectivity index (χ4v) is 4.66. The molecule has 0 aliphatic carbocycles. The van der Waals surface area contributed by atoms with Crippen LogP contribution < -0.4 is 9.64 Å². The first kappa shape index (κ1) is 28.9. The summed E-state index contributed by atoms with van der Waals surface area (Å²) in [5.41, 5.74) is 1.73. The number of carbonyl (C=O) groups excluding carboxylic acids is 3. The van der Waals surface area contributed by atoms with Crippen LogP contribution in [-0.2, 0) is 9.59 Å². The molecule has 3 rings (SSSR count). The number of likely N-dealkylation sites (N-methyl/N-ethyl adjacent to an activating group) is 2. The first-order valence-electron chi connectivity index (χ1n) is 13.7. The molecule has 0 saturated heterocycles. The van der Waals surface area contributed by atoms with Crippen molar-refractivity contribution in [2.45, 2.75) is 47.0 Å². The minimum Gasteiger partial charge on any atom is -0.491 e. The summed E-state index contributed by atoms with van der Waals surface area (Å²) in [6.07, 6.45) is 5.61. The second-order valence-corrected chi connectivity index (χ2v) is 9.25. The van der Waals surface area contributed by atoms with Crippen LogP contribution in [0.5, 0.6) is 5.75 Å². The van der Waals surface area contributed by atoms with Crippen LogP contribution >= 0.6 is 0 Å². The molecule has 0 saturated carbocycles. The molecule has 1 aromatic heterocycles. The number of pyridine rings is 1. The molecule has 1 aromatic carbocycles. The van der Waals surface area contributed by atoms with Crippen molar-refractivity contribution in [3.05, 3.63) is 48.3 Å². The first-order valence-corrected chi connectivity index (χ1v) is 13.7. The van der Waals surface area contributed by atoms with Crippen molar-refractivity contribution in [1.29, 1.82) is 0 Å². The molecule has 38 heavy (non-hydrogen) atoms. The molecule has 9 heteroatoms. The number of rotatable bonds is 8. The van der Waals surface area contributed by atoms with E-state index in [0.29, 0.717) is 56.3 Å². The van der Waals surface area contributed by atoms with Crippen molar-refractivity contribution in [3.63, 3.8) is 0 Å². The second kappa shape index (κ2) is 14.4. The molecule has 1 aliphatic rings. The highest BCUT2D eigenvalue weighted by atomic mass is 16.5. The molecule has 2 bridgehead atoms. The highest BCUT2D eigenvalue weighted by Gasteiger charge is 2.25. The zero-order valence-corrected chi connectivity index (χ0v) is 23.2. The third-order valence-electron chi connectivity index (χ3n) is 6.91. The number of anilines is 2. The van der Waals surface area contributed by atoms with Gasteiger partial charge in [0.1, 0.15) is 18.8 Å². The molecule has 0 unspecified atom stereocenters. The molecule has 0 radical (unpaired) electrons. The van der Waals surface area contributed by atoms with E-state index in [1.165, 1.54) is 6.20 Å². The predicted octanol–water partition coefficient (Wildman–Crippen LogP) is 3.96. The number of benzene rings is 1. The molecule has 9 nitrogen and oxygen atoms in total. The van der Waals surface area contributed by atoms with E-state index in [1.807, 2.05) is 56.9 Å². The molecule has 0 fully saturated rings. The van der Waals surface area contributed by atoms with Crippen molar-refractivity contribution < 1.29 is 19.1 Å². The third kappa shape index (κ3) is 7.24. The molecule has 2 heterocycles. The average molecular weight is 524 g/mol. The van der Waals surface area contributed by atoms with Crippen LogP contribution in [0.3, 0.4) is 0 Å². The Balaban J connectivity index is 2.03. The Morgan fingerprint density at radius 2 is 1.55 bits per heavy atom. The maximum absolute atomic E-state index is 13.7. The summed E-state index contributed by atoms with van der Waals surface area (Å²) >= 11 is 0. The monoisotopic (exact) mass is 523 g/mol. The summed E-state index contributed by atoms with van der Waals surface area (Å²) in [6.45, 7) is 11.3. The van der Waals surface area contributed by atoms with Crippen LogP contribution in [0.1, 0.15) is 57.3 Å². The van der Waals surface area contributed by atoms with Gasteiger partial charge in [0.15, 0.2) is 0 Å². The number of para-hydroxylation sites is 2. The Morgan fingerprint density at radius 3 is 2.24 bits per heavy atom. The van der Waals surface area contributed by atoms with Gasteiger partial charge in [-0.1, -0.05) is 12.1 Å². The summed E-state index contributed by atoms with van der Waals surface area (Å²) in [4.78, 5) is 51.2. The van der Waals surface area contributed by atoms with Crippen LogP contribution in [0.4, 0.5) is 11.4 Å². The molecule has 0 atom stereocenters. The van der Waals surface area contributed by atoms with Gasteiger partial charge in [-0.2, -0.15) is 0 Å². The fourth-order valence-electron chi connectivity index (χ4n) is 4.66. The molecule has 0 N–H and O–H groups in total. The molecule has 3 amide bonds. The summed E-state index contributed by atoms with van der Waals surface area (Å²) in [5.74, 6) is 0.336. The Kier molecular flexibility index (Phi) is 10.9. The van der Waals surface area contributed by atoms with Crippen LogP contribution in [0.15, 0.2) is 42.7 Å². The summed E-state index contributed by atoms with van der Waals surface area (Å²) in [6, 6.07) is 9.39. The smallest absolute Gasteiger partial charge is 0.255 e. The average Bonchev–Trinajstić information content (AvgIpc) is 2.93. The Bertz CT molecular complexity index is 1080. The zero-order chi connectivity index (χ0) is 27.5. The second-order valence-electron chi connectivity index (χ2n) is 9.25. The van der Waals surface area contributed by atoms with E-state index in [1.54, 1.807) is 27.0 Å². The summed E-state index contributed by atoms with van der Waals surface area (Å²) in [5, 5.41) is 0. The van der Waals surface area contributed by atoms with Gasteiger partial charge >= 0.3 is 0 Å². The third-order valence-corrected chi connectivity index (χ3v) is 6.91. The van der Waals surface area contributed by atoms with E-state index in [4.69, 9.17) is 4.74 Å². The number of nitrogens with zero attached hydrogens (tertiary/aromatic N) is 5. The molecule has 2 aromatic rings. The highest BCUT2D eigenvalue weighted by molar-refractivity contribution is 5.97. The molecular weight excluding hydrogens is 482 g/mol. The van der Waals surface area contributed by atoms with Gasteiger partial charge in [0.05, 0.1) is 29.7 Å². The van der Waals surface area contributed by atoms with Gasteiger partial charge < -0.3 is 24.3 Å². The number of fused-ring (bicyclic) bond motifs is 3. The minimum absolute atomic E-state index is 0.0221. The van der Waals surface area contributed by atoms with E-state index < -0.39 is 0 Å². The largest absolute Gasteiger partial charge is 0.491 e. The van der Waals surface area contributed by atoms with Crippen LogP contribution in [-0.4, -0.2) is 89.8 Å². The maximum Gasteiger partial charge on any atom is 0.255 e. The lowest BCUT2D eigenvalue weighted by Gasteiger charge is -2.30. The standard InChI is InChI=1S/C29H41N5O4/c1-5-31(6-2)27(35)21-33-16-12-9-13-17-38-26-15-11-10-14-25(26)34(22-28(36)32(7-3)8-4)24-18-23(29(33)37)19-30-20-24/h10-11,14-15,18-20H,5-9,12-13,16-17,21-22H2,1-4H3. The van der Waals surface area contributed by atoms with Crippen molar-refractivity contribution in [3.8, 4) is 5.75 Å². The van der Waals surface area contributed by atoms with Crippen molar-refractivity contribution >= 4 is 29.1 Å². The Hall–Kier alpha value is -3.62. The van der Waals surface area contributed by atoms with Gasteiger partial charge in [-0.15, -0.1) is 0 Å². The number of hydrogen-bond donors (Lipinski definition) is 0. The lowest BCUT2D eigenvalue weighted by Crippen LogP contribution is -2.43. The van der Waals surface area contributed by atoms with Gasteiger partial charge in [-0.3, -0.25) is 19.4 Å². The zero-order valence-electron chi connectivity index (χ0n) is 23.2. The van der Waals surface area contributed by atoms with Gasteiger partial charge in [0.2, 0.25) is 11.8 Å². The Morgan fingerprint density at radius 1 is 0.895 bits per heavy atom. The number of aromatic nitrogens is 1. The molecule has 206 valence electrons. The van der Waals surface area contributed by atoms with E-state index in [9.17, 15) is 14.4 Å². The van der Waals surface area contributed by atoms with Crippen LogP contribution in [0, 0.1) is 0 Å². The van der Waals surface area contributed by atoms with E-state index in [-0.39, 0.29) is 30.8 Å². The maximum atomic E-state index is 13.7. The quantitative estimate of drug-likeness (QED) is 0.521. The normalized spacial score (nSPS) is 14.3. The highest BCUT2D eigenvalue weighted by Crippen LogP contribution is 2.34.